The van der Waals surface area contributed by atoms with Gasteiger partial charge in [0.25, 0.3) is 0 Å². The minimum Gasteiger partial charge on any atom is -0.480 e. The zero-order valence-electron chi connectivity index (χ0n) is 19.4. The van der Waals surface area contributed by atoms with Gasteiger partial charge in [-0.05, 0) is 18.6 Å². The number of nitrogens with one attached hydrogen (secondary N) is 4. The van der Waals surface area contributed by atoms with E-state index in [1.54, 1.807) is 12.3 Å². The van der Waals surface area contributed by atoms with Crippen LogP contribution in [0, 0.1) is 0 Å². The maximum absolute atomic E-state index is 13.2. The van der Waals surface area contributed by atoms with E-state index in [4.69, 9.17) is 11.5 Å². The quantitative estimate of drug-likeness (QED) is 0.130. The summed E-state index contributed by atoms with van der Waals surface area (Å²) >= 11 is 4.05. The van der Waals surface area contributed by atoms with E-state index in [9.17, 15) is 34.2 Å². The Morgan fingerprint density at radius 1 is 1.03 bits per heavy atom. The lowest BCUT2D eigenvalue weighted by molar-refractivity contribution is -0.145. The number of carbonyl (C=O) groups excluding carboxylic acids is 4. The number of aromatic nitrogens is 1. The highest BCUT2D eigenvalue weighted by molar-refractivity contribution is 7.80. The summed E-state index contributed by atoms with van der Waals surface area (Å²) < 4.78 is 0. The summed E-state index contributed by atoms with van der Waals surface area (Å²) in [5, 5.41) is 26.7. The summed E-state index contributed by atoms with van der Waals surface area (Å²) in [5.74, 6) is -4.95. The van der Waals surface area contributed by atoms with Crippen LogP contribution < -0.4 is 27.4 Å². The molecule has 5 atom stereocenters. The topological polar surface area (TPSA) is 230 Å². The molecular formula is C22H30N6O7S. The average Bonchev–Trinajstić information content (AvgIpc) is 3.22. The molecule has 10 N–H and O–H groups in total. The van der Waals surface area contributed by atoms with Gasteiger partial charge in [-0.3, -0.25) is 19.2 Å². The van der Waals surface area contributed by atoms with Gasteiger partial charge in [-0.25, -0.2) is 4.79 Å². The largest absolute Gasteiger partial charge is 0.480 e. The molecule has 0 spiro atoms. The summed E-state index contributed by atoms with van der Waals surface area (Å²) in [7, 11) is 0. The standard InChI is InChI=1S/C22H30N6O7S/c1-10(29)18(22(34)35)28-21(33)16(9-36)27-20(32)15(26-19(31)13(23)7-17(24)30)6-11-8-25-14-5-3-2-4-12(11)14/h2-5,8,10,13,15-16,18,25,29,36H,6-7,9,23H2,1H3,(H2,24,30)(H,26,31)(H,27,32)(H,28,33)(H,34,35). The maximum Gasteiger partial charge on any atom is 0.328 e. The maximum atomic E-state index is 13.2. The number of para-hydroxylation sites is 1. The number of carboxylic acid groups (broad SMARTS) is 1. The van der Waals surface area contributed by atoms with Gasteiger partial charge in [0.15, 0.2) is 6.04 Å². The smallest absolute Gasteiger partial charge is 0.328 e. The predicted octanol–water partition coefficient (Wildman–Crippen LogP) is -2.24. The van der Waals surface area contributed by atoms with E-state index in [-0.39, 0.29) is 12.2 Å². The van der Waals surface area contributed by atoms with Crippen molar-refractivity contribution in [3.05, 3.63) is 36.0 Å². The number of fused-ring (bicyclic) bond motifs is 1. The number of amides is 4. The average molecular weight is 523 g/mol. The van der Waals surface area contributed by atoms with Crippen LogP contribution in [0.2, 0.25) is 0 Å². The van der Waals surface area contributed by atoms with Gasteiger partial charge in [0.05, 0.1) is 18.6 Å². The number of aliphatic hydroxyl groups excluding tert-OH is 1. The third kappa shape index (κ3) is 7.69. The summed E-state index contributed by atoms with van der Waals surface area (Å²) in [6, 6.07) is 1.86. The van der Waals surface area contributed by atoms with Gasteiger partial charge in [0.1, 0.15) is 12.1 Å². The van der Waals surface area contributed by atoms with Crippen molar-refractivity contribution < 1.29 is 34.2 Å². The number of aromatic amines is 1. The Kier molecular flexibility index (Phi) is 10.3. The molecular weight excluding hydrogens is 492 g/mol. The van der Waals surface area contributed by atoms with Gasteiger partial charge < -0.3 is 42.6 Å². The van der Waals surface area contributed by atoms with Crippen molar-refractivity contribution in [1.82, 2.24) is 20.9 Å². The fourth-order valence-corrected chi connectivity index (χ4v) is 3.68. The van der Waals surface area contributed by atoms with E-state index in [2.05, 4.69) is 33.6 Å². The Morgan fingerprint density at radius 2 is 1.64 bits per heavy atom. The molecule has 0 aliphatic heterocycles. The highest BCUT2D eigenvalue weighted by atomic mass is 32.1. The number of aliphatic carboxylic acids is 1. The first-order valence-electron chi connectivity index (χ1n) is 11.0. The number of hydrogen-bond acceptors (Lipinski definition) is 8. The number of benzene rings is 1. The van der Waals surface area contributed by atoms with Crippen LogP contribution in [0.25, 0.3) is 10.9 Å². The van der Waals surface area contributed by atoms with Crippen molar-refractivity contribution in [3.8, 4) is 0 Å². The molecule has 196 valence electrons. The molecule has 0 fully saturated rings. The van der Waals surface area contributed by atoms with Crippen LogP contribution in [0.3, 0.4) is 0 Å². The number of primary amides is 1. The SMILES string of the molecule is CC(O)C(NC(=O)C(CS)NC(=O)C(Cc1c[nH]c2ccccc12)NC(=O)C(N)CC(N)=O)C(=O)O. The minimum absolute atomic E-state index is 0.00276. The highest BCUT2D eigenvalue weighted by Crippen LogP contribution is 2.19. The lowest BCUT2D eigenvalue weighted by Gasteiger charge is -2.25. The number of thiol groups is 1. The Bertz CT molecular complexity index is 1120. The number of nitrogens with two attached hydrogens (primary N) is 2. The van der Waals surface area contributed by atoms with E-state index in [1.165, 1.54) is 6.92 Å². The monoisotopic (exact) mass is 522 g/mol. The predicted molar refractivity (Wildman–Crippen MR) is 133 cm³/mol. The van der Waals surface area contributed by atoms with E-state index in [1.807, 2.05) is 18.2 Å². The third-order valence-electron chi connectivity index (χ3n) is 5.35. The van der Waals surface area contributed by atoms with Crippen molar-refractivity contribution in [1.29, 1.82) is 0 Å². The number of aliphatic hydroxyl groups is 1. The molecule has 0 bridgehead atoms. The lowest BCUT2D eigenvalue weighted by atomic mass is 10.0. The van der Waals surface area contributed by atoms with E-state index < -0.39 is 66.3 Å². The Balaban J connectivity index is 2.25. The normalized spacial score (nSPS) is 15.2. The van der Waals surface area contributed by atoms with E-state index >= 15 is 0 Å². The Morgan fingerprint density at radius 3 is 2.22 bits per heavy atom. The molecule has 13 nitrogen and oxygen atoms in total. The van der Waals surface area contributed by atoms with Gasteiger partial charge in [-0.1, -0.05) is 18.2 Å². The van der Waals surface area contributed by atoms with Crippen molar-refractivity contribution >= 4 is 53.1 Å². The van der Waals surface area contributed by atoms with Crippen LogP contribution in [-0.4, -0.2) is 80.8 Å². The molecule has 1 heterocycles. The second-order valence-electron chi connectivity index (χ2n) is 8.21. The van der Waals surface area contributed by atoms with Crippen LogP contribution in [0.5, 0.6) is 0 Å². The number of H-pyrrole nitrogens is 1. The van der Waals surface area contributed by atoms with Gasteiger partial charge in [-0.15, -0.1) is 0 Å². The van der Waals surface area contributed by atoms with Gasteiger partial charge >= 0.3 is 5.97 Å². The molecule has 14 heteroatoms. The molecule has 0 aliphatic rings. The molecule has 1 aromatic heterocycles. The van der Waals surface area contributed by atoms with Crippen molar-refractivity contribution in [2.75, 3.05) is 5.75 Å². The number of rotatable bonds is 13. The van der Waals surface area contributed by atoms with Gasteiger partial charge in [0.2, 0.25) is 23.6 Å². The van der Waals surface area contributed by atoms with Crippen molar-refractivity contribution in [3.63, 3.8) is 0 Å². The van der Waals surface area contributed by atoms with Crippen LogP contribution >= 0.6 is 12.6 Å². The number of carboxylic acids is 1. The first kappa shape index (κ1) is 28.6. The van der Waals surface area contributed by atoms with Crippen LogP contribution in [0.4, 0.5) is 0 Å². The molecule has 2 rings (SSSR count). The molecule has 4 amide bonds. The minimum atomic E-state index is -1.61. The van der Waals surface area contributed by atoms with Crippen LogP contribution in [-0.2, 0) is 30.4 Å². The fraction of sp³-hybridized carbons (Fsp3) is 0.409. The van der Waals surface area contributed by atoms with Gasteiger partial charge in [-0.2, -0.15) is 12.6 Å². The first-order chi connectivity index (χ1) is 16.9. The number of hydrogen-bond donors (Lipinski definition) is 9. The highest BCUT2D eigenvalue weighted by Gasteiger charge is 2.32. The van der Waals surface area contributed by atoms with Crippen LogP contribution in [0.15, 0.2) is 30.5 Å². The summed E-state index contributed by atoms with van der Waals surface area (Å²) in [6.07, 6.45) is -0.172. The lowest BCUT2D eigenvalue weighted by Crippen LogP contribution is -2.59. The fourth-order valence-electron chi connectivity index (χ4n) is 3.43. The molecule has 1 aromatic carbocycles. The summed E-state index contributed by atoms with van der Waals surface area (Å²) in [4.78, 5) is 63.8. The Labute approximate surface area is 211 Å². The molecule has 0 radical (unpaired) electrons. The number of carbonyl (C=O) groups is 5. The molecule has 5 unspecified atom stereocenters. The molecule has 0 saturated heterocycles. The first-order valence-corrected chi connectivity index (χ1v) is 11.6. The molecule has 0 aliphatic carbocycles. The van der Waals surface area contributed by atoms with Gasteiger partial charge in [0, 0.05) is 29.3 Å². The zero-order chi connectivity index (χ0) is 27.0. The molecule has 36 heavy (non-hydrogen) atoms. The molecule has 0 saturated carbocycles. The summed E-state index contributed by atoms with van der Waals surface area (Å²) in [5.41, 5.74) is 12.3. The second kappa shape index (κ2) is 12.9. The molecule has 2 aromatic rings. The Hall–Kier alpha value is -3.62. The second-order valence-corrected chi connectivity index (χ2v) is 8.58. The van der Waals surface area contributed by atoms with Crippen molar-refractivity contribution in [2.24, 2.45) is 11.5 Å². The zero-order valence-corrected chi connectivity index (χ0v) is 20.3. The summed E-state index contributed by atoms with van der Waals surface area (Å²) in [6.45, 7) is 1.19. The third-order valence-corrected chi connectivity index (χ3v) is 5.72. The van der Waals surface area contributed by atoms with E-state index in [0.29, 0.717) is 5.56 Å². The van der Waals surface area contributed by atoms with E-state index in [0.717, 1.165) is 10.9 Å². The van der Waals surface area contributed by atoms with Crippen molar-refractivity contribution in [2.45, 2.75) is 50.0 Å². The van der Waals surface area contributed by atoms with Crippen LogP contribution in [0.1, 0.15) is 18.9 Å².